The van der Waals surface area contributed by atoms with Gasteiger partial charge in [-0.15, -0.1) is 0 Å². The van der Waals surface area contributed by atoms with Crippen molar-refractivity contribution in [1.29, 1.82) is 0 Å². The second-order valence-electron chi connectivity index (χ2n) is 9.98. The molecule has 1 saturated heterocycles. The lowest BCUT2D eigenvalue weighted by Crippen LogP contribution is -2.47. The van der Waals surface area contributed by atoms with Crippen LogP contribution in [0.5, 0.6) is 5.75 Å². The lowest BCUT2D eigenvalue weighted by atomic mass is 10.0. The summed E-state index contributed by atoms with van der Waals surface area (Å²) in [4.78, 5) is 43.4. The predicted octanol–water partition coefficient (Wildman–Crippen LogP) is 3.83. The van der Waals surface area contributed by atoms with E-state index in [0.717, 1.165) is 29.0 Å². The summed E-state index contributed by atoms with van der Waals surface area (Å²) in [6, 6.07) is 13.9. The Kier molecular flexibility index (Phi) is 9.82. The Morgan fingerprint density at radius 2 is 1.82 bits per heavy atom. The topological polar surface area (TPSA) is 96.8 Å². The molecule has 1 aliphatic heterocycles. The van der Waals surface area contributed by atoms with E-state index in [0.29, 0.717) is 36.5 Å². The molecule has 40 heavy (non-hydrogen) atoms. The minimum absolute atomic E-state index is 0.0759. The number of hydrogen-bond donors (Lipinski definition) is 1. The van der Waals surface area contributed by atoms with Crippen molar-refractivity contribution >= 4 is 29.3 Å². The number of rotatable bonds is 12. The Bertz CT molecular complexity index is 1320. The molecule has 1 atom stereocenters. The number of hydrogen-bond acceptors (Lipinski definition) is 5. The van der Waals surface area contributed by atoms with Gasteiger partial charge in [0.25, 0.3) is 0 Å². The van der Waals surface area contributed by atoms with Gasteiger partial charge in [0.15, 0.2) is 0 Å². The van der Waals surface area contributed by atoms with Gasteiger partial charge in [-0.1, -0.05) is 35.9 Å². The average molecular weight is 566 g/mol. The number of halogens is 1. The summed E-state index contributed by atoms with van der Waals surface area (Å²) in [6.07, 6.45) is 3.68. The lowest BCUT2D eigenvalue weighted by Gasteiger charge is -2.32. The summed E-state index contributed by atoms with van der Waals surface area (Å²) >= 11 is 6.01. The minimum atomic E-state index is -0.901. The van der Waals surface area contributed by atoms with E-state index in [2.05, 4.69) is 10.4 Å². The number of nitrogens with zero attached hydrogens (tertiary/aromatic N) is 4. The summed E-state index contributed by atoms with van der Waals surface area (Å²) in [7, 11) is 3.42. The van der Waals surface area contributed by atoms with Crippen LogP contribution < -0.4 is 10.1 Å². The SMILES string of the molecule is COc1ccc(CCC(=O)N(CCN2CCCC2=O)C(C(=O)NCc2ccc(Cl)cc2)c2cnn(C)c2C)cc1. The first-order valence-corrected chi connectivity index (χ1v) is 13.9. The molecule has 3 amide bonds. The molecule has 2 heterocycles. The second kappa shape index (κ2) is 13.5. The molecule has 2 aromatic carbocycles. The number of methoxy groups -OCH3 is 1. The number of aryl methyl sites for hydroxylation is 2. The molecule has 1 aromatic heterocycles. The van der Waals surface area contributed by atoms with E-state index in [1.807, 2.05) is 43.3 Å². The lowest BCUT2D eigenvalue weighted by molar-refractivity contribution is -0.141. The van der Waals surface area contributed by atoms with Gasteiger partial charge in [-0.25, -0.2) is 0 Å². The molecule has 0 bridgehead atoms. The van der Waals surface area contributed by atoms with Gasteiger partial charge in [0, 0.05) is 62.3 Å². The Labute approximate surface area is 240 Å². The number of ether oxygens (including phenoxy) is 1. The molecule has 0 saturated carbocycles. The summed E-state index contributed by atoms with van der Waals surface area (Å²) in [6.45, 7) is 3.43. The van der Waals surface area contributed by atoms with Crippen LogP contribution in [0.15, 0.2) is 54.7 Å². The van der Waals surface area contributed by atoms with E-state index in [1.165, 1.54) is 0 Å². The van der Waals surface area contributed by atoms with Crippen molar-refractivity contribution in [2.24, 2.45) is 7.05 Å². The van der Waals surface area contributed by atoms with Crippen molar-refractivity contribution in [2.45, 2.75) is 45.2 Å². The Morgan fingerprint density at radius 1 is 1.12 bits per heavy atom. The van der Waals surface area contributed by atoms with E-state index in [1.54, 1.807) is 47.0 Å². The van der Waals surface area contributed by atoms with Gasteiger partial charge >= 0.3 is 0 Å². The zero-order chi connectivity index (χ0) is 28.6. The van der Waals surface area contributed by atoms with Crippen molar-refractivity contribution in [2.75, 3.05) is 26.7 Å². The number of carbonyl (C=O) groups excluding carboxylic acids is 3. The van der Waals surface area contributed by atoms with E-state index in [-0.39, 0.29) is 37.2 Å². The molecule has 1 unspecified atom stereocenters. The van der Waals surface area contributed by atoms with E-state index >= 15 is 0 Å². The van der Waals surface area contributed by atoms with Crippen molar-refractivity contribution in [3.8, 4) is 5.75 Å². The standard InChI is InChI=1S/C30H36ClN5O4/c1-21-26(20-33-34(21)2)29(30(39)32-19-23-6-11-24(31)12-7-23)36(18-17-35-16-4-5-27(35)37)28(38)15-10-22-8-13-25(40-3)14-9-22/h6-9,11-14,20,29H,4-5,10,15-19H2,1-3H3,(H,32,39). The molecular formula is C30H36ClN5O4. The van der Waals surface area contributed by atoms with Gasteiger partial charge in [0.1, 0.15) is 11.8 Å². The van der Waals surface area contributed by atoms with Gasteiger partial charge in [0.05, 0.1) is 13.3 Å². The van der Waals surface area contributed by atoms with Gasteiger partial charge in [0.2, 0.25) is 17.7 Å². The molecule has 3 aromatic rings. The number of likely N-dealkylation sites (tertiary alicyclic amines) is 1. The number of carbonyl (C=O) groups is 3. The third kappa shape index (κ3) is 7.21. The van der Waals surface area contributed by atoms with Crippen LogP contribution >= 0.6 is 11.6 Å². The summed E-state index contributed by atoms with van der Waals surface area (Å²) < 4.78 is 6.93. The van der Waals surface area contributed by atoms with Crippen molar-refractivity contribution in [1.82, 2.24) is 24.9 Å². The third-order valence-corrected chi connectivity index (χ3v) is 7.65. The second-order valence-corrected chi connectivity index (χ2v) is 10.4. The van der Waals surface area contributed by atoms with Gasteiger partial charge in [-0.2, -0.15) is 5.10 Å². The van der Waals surface area contributed by atoms with Gasteiger partial charge in [-0.3, -0.25) is 19.1 Å². The maximum absolute atomic E-state index is 13.9. The maximum Gasteiger partial charge on any atom is 0.247 e. The fraction of sp³-hybridized carbons (Fsp3) is 0.400. The van der Waals surface area contributed by atoms with Crippen LogP contribution in [-0.2, 0) is 34.4 Å². The third-order valence-electron chi connectivity index (χ3n) is 7.40. The Morgan fingerprint density at radius 3 is 2.42 bits per heavy atom. The van der Waals surface area contributed by atoms with Crippen LogP contribution in [-0.4, -0.2) is 64.0 Å². The van der Waals surface area contributed by atoms with Crippen LogP contribution in [0.4, 0.5) is 0 Å². The fourth-order valence-corrected chi connectivity index (χ4v) is 5.00. The first kappa shape index (κ1) is 29.1. The zero-order valence-electron chi connectivity index (χ0n) is 23.2. The zero-order valence-corrected chi connectivity index (χ0v) is 24.0. The molecule has 1 N–H and O–H groups in total. The molecular weight excluding hydrogens is 530 g/mol. The molecule has 0 aliphatic carbocycles. The maximum atomic E-state index is 13.9. The summed E-state index contributed by atoms with van der Waals surface area (Å²) in [5.74, 6) is 0.345. The monoisotopic (exact) mass is 565 g/mol. The van der Waals surface area contributed by atoms with Crippen molar-refractivity contribution < 1.29 is 19.1 Å². The van der Waals surface area contributed by atoms with Crippen LogP contribution in [0.2, 0.25) is 5.02 Å². The highest BCUT2D eigenvalue weighted by molar-refractivity contribution is 6.30. The highest BCUT2D eigenvalue weighted by Gasteiger charge is 2.34. The van der Waals surface area contributed by atoms with Crippen LogP contribution in [0, 0.1) is 6.92 Å². The molecule has 1 fully saturated rings. The Hall–Kier alpha value is -3.85. The fourth-order valence-electron chi connectivity index (χ4n) is 4.88. The highest BCUT2D eigenvalue weighted by atomic mass is 35.5. The first-order chi connectivity index (χ1) is 19.3. The molecule has 0 spiro atoms. The number of aromatic nitrogens is 2. The Balaban J connectivity index is 1.59. The van der Waals surface area contributed by atoms with E-state index in [9.17, 15) is 14.4 Å². The summed E-state index contributed by atoms with van der Waals surface area (Å²) in [5.41, 5.74) is 3.32. The van der Waals surface area contributed by atoms with Gasteiger partial charge < -0.3 is 19.9 Å². The van der Waals surface area contributed by atoms with Crippen LogP contribution in [0.3, 0.4) is 0 Å². The van der Waals surface area contributed by atoms with Crippen LogP contribution in [0.1, 0.15) is 47.7 Å². The highest BCUT2D eigenvalue weighted by Crippen LogP contribution is 2.26. The predicted molar refractivity (Wildman–Crippen MR) is 153 cm³/mol. The molecule has 4 rings (SSSR count). The molecule has 1 aliphatic rings. The molecule has 10 heteroatoms. The smallest absolute Gasteiger partial charge is 0.247 e. The number of amides is 3. The number of benzene rings is 2. The van der Waals surface area contributed by atoms with Crippen LogP contribution in [0.25, 0.3) is 0 Å². The average Bonchev–Trinajstić information content (AvgIpc) is 3.53. The van der Waals surface area contributed by atoms with Crippen molar-refractivity contribution in [3.05, 3.63) is 82.1 Å². The summed E-state index contributed by atoms with van der Waals surface area (Å²) in [5, 5.41) is 7.98. The number of nitrogens with one attached hydrogen (secondary N) is 1. The first-order valence-electron chi connectivity index (χ1n) is 13.5. The molecule has 9 nitrogen and oxygen atoms in total. The van der Waals surface area contributed by atoms with E-state index in [4.69, 9.17) is 16.3 Å². The van der Waals surface area contributed by atoms with E-state index < -0.39 is 6.04 Å². The normalized spacial score (nSPS) is 13.8. The molecule has 0 radical (unpaired) electrons. The largest absolute Gasteiger partial charge is 0.497 e. The quantitative estimate of drug-likeness (QED) is 0.360. The van der Waals surface area contributed by atoms with Crippen molar-refractivity contribution in [3.63, 3.8) is 0 Å². The van der Waals surface area contributed by atoms with Gasteiger partial charge in [-0.05, 0) is 55.2 Å². The molecule has 212 valence electrons. The minimum Gasteiger partial charge on any atom is -0.497 e.